The first-order valence-electron chi connectivity index (χ1n) is 5.75. The highest BCUT2D eigenvalue weighted by atomic mass is 16.2. The van der Waals surface area contributed by atoms with Crippen LogP contribution < -0.4 is 11.0 Å². The summed E-state index contributed by atoms with van der Waals surface area (Å²) < 4.78 is 0. The van der Waals surface area contributed by atoms with Gasteiger partial charge in [0.1, 0.15) is 12.4 Å². The van der Waals surface area contributed by atoms with E-state index in [9.17, 15) is 4.79 Å². The lowest BCUT2D eigenvalue weighted by molar-refractivity contribution is 0.350. The van der Waals surface area contributed by atoms with E-state index in [-0.39, 0.29) is 12.3 Å². The molecule has 90 valence electrons. The number of hydrogen-bond acceptors (Lipinski definition) is 4. The van der Waals surface area contributed by atoms with Gasteiger partial charge in [-0.05, 0) is 12.8 Å². The Balaban J connectivity index is 2.22. The first kappa shape index (κ1) is 11.7. The third kappa shape index (κ3) is 3.08. The van der Waals surface area contributed by atoms with Crippen LogP contribution in [-0.4, -0.2) is 27.7 Å². The SMILES string of the molecule is O=c1ncc(C#CCO)c(NC2CCCC2)[nH]1. The molecule has 0 amide bonds. The number of aromatic amines is 1. The van der Waals surface area contributed by atoms with E-state index >= 15 is 0 Å². The molecule has 5 heteroatoms. The number of nitrogens with one attached hydrogen (secondary N) is 2. The Kier molecular flexibility index (Phi) is 3.78. The van der Waals surface area contributed by atoms with Crippen molar-refractivity contribution in [3.05, 3.63) is 22.2 Å². The maximum Gasteiger partial charge on any atom is 0.346 e. The fourth-order valence-corrected chi connectivity index (χ4v) is 2.01. The van der Waals surface area contributed by atoms with Crippen molar-refractivity contribution in [2.45, 2.75) is 31.7 Å². The highest BCUT2D eigenvalue weighted by Crippen LogP contribution is 2.21. The molecule has 17 heavy (non-hydrogen) atoms. The summed E-state index contributed by atoms with van der Waals surface area (Å²) in [6.07, 6.45) is 6.07. The molecule has 1 aliphatic rings. The van der Waals surface area contributed by atoms with Crippen molar-refractivity contribution >= 4 is 5.82 Å². The maximum atomic E-state index is 11.2. The van der Waals surface area contributed by atoms with Crippen molar-refractivity contribution in [2.75, 3.05) is 11.9 Å². The smallest absolute Gasteiger partial charge is 0.346 e. The minimum Gasteiger partial charge on any atom is -0.384 e. The molecule has 1 fully saturated rings. The molecule has 0 unspecified atom stereocenters. The van der Waals surface area contributed by atoms with Crippen LogP contribution in [0, 0.1) is 11.8 Å². The molecule has 2 rings (SSSR count). The number of aliphatic hydroxyl groups is 1. The summed E-state index contributed by atoms with van der Waals surface area (Å²) in [5.41, 5.74) is 0.227. The molecule has 0 spiro atoms. The lowest BCUT2D eigenvalue weighted by Gasteiger charge is -2.13. The van der Waals surface area contributed by atoms with E-state index in [4.69, 9.17) is 5.11 Å². The van der Waals surface area contributed by atoms with Gasteiger partial charge in [-0.1, -0.05) is 24.7 Å². The third-order valence-corrected chi connectivity index (χ3v) is 2.82. The molecule has 1 aliphatic carbocycles. The van der Waals surface area contributed by atoms with Gasteiger partial charge < -0.3 is 10.4 Å². The van der Waals surface area contributed by atoms with Gasteiger partial charge in [-0.3, -0.25) is 4.98 Å². The van der Waals surface area contributed by atoms with Crippen molar-refractivity contribution in [3.63, 3.8) is 0 Å². The summed E-state index contributed by atoms with van der Waals surface area (Å²) in [4.78, 5) is 17.5. The highest BCUT2D eigenvalue weighted by Gasteiger charge is 2.16. The van der Waals surface area contributed by atoms with Crippen molar-refractivity contribution in [1.29, 1.82) is 0 Å². The second-order valence-corrected chi connectivity index (χ2v) is 4.06. The lowest BCUT2D eigenvalue weighted by atomic mass is 10.2. The lowest BCUT2D eigenvalue weighted by Crippen LogP contribution is -2.21. The molecule has 1 aromatic rings. The van der Waals surface area contributed by atoms with Crippen molar-refractivity contribution < 1.29 is 5.11 Å². The maximum absolute atomic E-state index is 11.2. The quantitative estimate of drug-likeness (QED) is 0.649. The fourth-order valence-electron chi connectivity index (χ4n) is 2.01. The van der Waals surface area contributed by atoms with Gasteiger partial charge >= 0.3 is 5.69 Å². The Morgan fingerprint density at radius 2 is 2.29 bits per heavy atom. The fraction of sp³-hybridized carbons (Fsp3) is 0.500. The second kappa shape index (κ2) is 5.51. The number of aliphatic hydroxyl groups excluding tert-OH is 1. The zero-order valence-electron chi connectivity index (χ0n) is 9.49. The average molecular weight is 233 g/mol. The number of rotatable bonds is 2. The third-order valence-electron chi connectivity index (χ3n) is 2.82. The van der Waals surface area contributed by atoms with Crippen LogP contribution in [0.5, 0.6) is 0 Å². The van der Waals surface area contributed by atoms with E-state index in [0.29, 0.717) is 17.4 Å². The van der Waals surface area contributed by atoms with Crippen LogP contribution in [-0.2, 0) is 0 Å². The molecule has 0 bridgehead atoms. The van der Waals surface area contributed by atoms with Gasteiger partial charge in [0.2, 0.25) is 0 Å². The van der Waals surface area contributed by atoms with Gasteiger partial charge in [-0.15, -0.1) is 0 Å². The van der Waals surface area contributed by atoms with E-state index in [1.165, 1.54) is 19.0 Å². The Bertz CT molecular complexity index is 492. The minimum absolute atomic E-state index is 0.206. The molecule has 1 aromatic heterocycles. The first-order valence-corrected chi connectivity index (χ1v) is 5.75. The Morgan fingerprint density at radius 3 is 3.00 bits per heavy atom. The van der Waals surface area contributed by atoms with Gasteiger partial charge in [0.15, 0.2) is 0 Å². The zero-order chi connectivity index (χ0) is 12.1. The van der Waals surface area contributed by atoms with Crippen LogP contribution in [0.1, 0.15) is 31.2 Å². The number of nitrogens with zero attached hydrogens (tertiary/aromatic N) is 1. The molecule has 0 atom stereocenters. The summed E-state index contributed by atoms with van der Waals surface area (Å²) in [5, 5.41) is 12.0. The summed E-state index contributed by atoms with van der Waals surface area (Å²) in [6.45, 7) is -0.206. The largest absolute Gasteiger partial charge is 0.384 e. The topological polar surface area (TPSA) is 78.0 Å². The summed E-state index contributed by atoms with van der Waals surface area (Å²) >= 11 is 0. The Morgan fingerprint density at radius 1 is 1.53 bits per heavy atom. The molecular formula is C12H15N3O2. The van der Waals surface area contributed by atoms with Gasteiger partial charge in [0, 0.05) is 6.04 Å². The van der Waals surface area contributed by atoms with Crippen LogP contribution in [0.3, 0.4) is 0 Å². The van der Waals surface area contributed by atoms with E-state index in [2.05, 4.69) is 27.1 Å². The van der Waals surface area contributed by atoms with Gasteiger partial charge in [-0.2, -0.15) is 0 Å². The van der Waals surface area contributed by atoms with Crippen molar-refractivity contribution in [2.24, 2.45) is 0 Å². The van der Waals surface area contributed by atoms with E-state index in [1.54, 1.807) is 0 Å². The number of hydrogen-bond donors (Lipinski definition) is 3. The standard InChI is InChI=1S/C12H15N3O2/c16-7-3-4-9-8-13-12(17)15-11(9)14-10-5-1-2-6-10/h8,10,16H,1-2,5-7H2,(H2,13,14,15,17). The zero-order valence-corrected chi connectivity index (χ0v) is 9.49. The minimum atomic E-state index is -0.389. The first-order chi connectivity index (χ1) is 8.29. The summed E-state index contributed by atoms with van der Waals surface area (Å²) in [7, 11) is 0. The monoisotopic (exact) mass is 233 g/mol. The predicted octanol–water partition coefficient (Wildman–Crippen LogP) is 0.468. The van der Waals surface area contributed by atoms with Gasteiger partial charge in [-0.25, -0.2) is 9.78 Å². The summed E-state index contributed by atoms with van der Waals surface area (Å²) in [5.74, 6) is 5.93. The molecule has 1 heterocycles. The van der Waals surface area contributed by atoms with E-state index in [1.807, 2.05) is 0 Å². The van der Waals surface area contributed by atoms with Crippen LogP contribution in [0.2, 0.25) is 0 Å². The predicted molar refractivity (Wildman–Crippen MR) is 64.7 cm³/mol. The van der Waals surface area contributed by atoms with Crippen molar-refractivity contribution in [1.82, 2.24) is 9.97 Å². The molecule has 3 N–H and O–H groups in total. The second-order valence-electron chi connectivity index (χ2n) is 4.06. The Labute approximate surface area is 99.3 Å². The number of anilines is 1. The van der Waals surface area contributed by atoms with Gasteiger partial charge in [0.25, 0.3) is 0 Å². The van der Waals surface area contributed by atoms with Crippen molar-refractivity contribution in [3.8, 4) is 11.8 Å². The molecular weight excluding hydrogens is 218 g/mol. The van der Waals surface area contributed by atoms with Crippen LogP contribution in [0.4, 0.5) is 5.82 Å². The molecule has 0 saturated heterocycles. The van der Waals surface area contributed by atoms with Crippen LogP contribution in [0.25, 0.3) is 0 Å². The van der Waals surface area contributed by atoms with Gasteiger partial charge in [0.05, 0.1) is 11.8 Å². The molecule has 0 radical (unpaired) electrons. The molecule has 1 saturated carbocycles. The molecule has 0 aliphatic heterocycles. The van der Waals surface area contributed by atoms with Crippen LogP contribution in [0.15, 0.2) is 11.0 Å². The molecule has 0 aromatic carbocycles. The Hall–Kier alpha value is -1.80. The summed E-state index contributed by atoms with van der Waals surface area (Å²) in [6, 6.07) is 0.391. The van der Waals surface area contributed by atoms with Crippen LogP contribution >= 0.6 is 0 Å². The highest BCUT2D eigenvalue weighted by molar-refractivity contribution is 5.52. The number of H-pyrrole nitrogens is 1. The average Bonchev–Trinajstić information content (AvgIpc) is 2.81. The normalized spacial score (nSPS) is 15.4. The van der Waals surface area contributed by atoms with E-state index in [0.717, 1.165) is 12.8 Å². The molecule has 5 nitrogen and oxygen atoms in total. The van der Waals surface area contributed by atoms with E-state index < -0.39 is 0 Å². The number of aromatic nitrogens is 2.